The van der Waals surface area contributed by atoms with Crippen molar-refractivity contribution in [3.8, 4) is 0 Å². The van der Waals surface area contributed by atoms with Gasteiger partial charge < -0.3 is 15.1 Å². The van der Waals surface area contributed by atoms with Gasteiger partial charge in [-0.3, -0.25) is 0 Å². The number of rotatable bonds is 6. The summed E-state index contributed by atoms with van der Waals surface area (Å²) in [6, 6.07) is 0.404. The Balaban J connectivity index is 1.63. The van der Waals surface area contributed by atoms with E-state index in [1.807, 2.05) is 23.5 Å². The monoisotopic (exact) mass is 342 g/mol. The van der Waals surface area contributed by atoms with E-state index >= 15 is 0 Å². The molecule has 0 saturated carbocycles. The van der Waals surface area contributed by atoms with Gasteiger partial charge in [-0.25, -0.2) is 9.78 Å². The number of carbonyl (C=O) groups excluding carboxylic acids is 1. The van der Waals surface area contributed by atoms with Gasteiger partial charge in [-0.2, -0.15) is 0 Å². The molecule has 124 valence electrons. The van der Waals surface area contributed by atoms with Crippen LogP contribution in [-0.2, 0) is 0 Å². The van der Waals surface area contributed by atoms with E-state index in [-0.39, 0.29) is 6.03 Å². The van der Waals surface area contributed by atoms with Crippen molar-refractivity contribution in [1.29, 1.82) is 0 Å². The Morgan fingerprint density at radius 1 is 1.64 bits per heavy atom. The number of aromatic nitrogens is 1. The Bertz CT molecular complexity index is 454. The van der Waals surface area contributed by atoms with Crippen LogP contribution in [0.4, 0.5) is 4.79 Å². The summed E-state index contributed by atoms with van der Waals surface area (Å²) in [5.74, 6) is 1.51. The molecule has 2 rings (SSSR count). The molecule has 1 saturated heterocycles. The van der Waals surface area contributed by atoms with Crippen LogP contribution in [0.3, 0.4) is 0 Å². The highest BCUT2D eigenvalue weighted by Crippen LogP contribution is 2.21. The third-order valence-corrected chi connectivity index (χ3v) is 6.17. The van der Waals surface area contributed by atoms with Crippen LogP contribution in [0.2, 0.25) is 0 Å². The van der Waals surface area contributed by atoms with Crippen molar-refractivity contribution in [3.05, 3.63) is 11.6 Å². The zero-order valence-electron chi connectivity index (χ0n) is 13.6. The van der Waals surface area contributed by atoms with Crippen LogP contribution in [-0.4, -0.2) is 66.3 Å². The topological polar surface area (TPSA) is 48.5 Å². The molecule has 2 unspecified atom stereocenters. The molecular weight excluding hydrogens is 316 g/mol. The molecule has 0 aromatic carbocycles. The van der Waals surface area contributed by atoms with Gasteiger partial charge in [0.15, 0.2) is 0 Å². The van der Waals surface area contributed by atoms with Crippen molar-refractivity contribution in [2.24, 2.45) is 5.92 Å². The first-order valence-corrected chi connectivity index (χ1v) is 9.66. The lowest BCUT2D eigenvalue weighted by molar-refractivity contribution is 0.107. The molecular formula is C15H26N4OS2. The van der Waals surface area contributed by atoms with E-state index in [0.29, 0.717) is 12.0 Å². The quantitative estimate of drug-likeness (QED) is 0.638. The summed E-state index contributed by atoms with van der Waals surface area (Å²) in [5.41, 5.74) is 0. The molecule has 22 heavy (non-hydrogen) atoms. The molecule has 1 fully saturated rings. The molecule has 0 spiro atoms. The number of thiazole rings is 1. The molecule has 1 aromatic heterocycles. The predicted octanol–water partition coefficient (Wildman–Crippen LogP) is 2.61. The number of amides is 2. The molecule has 1 N–H and O–H groups in total. The summed E-state index contributed by atoms with van der Waals surface area (Å²) in [6.45, 7) is 5.08. The summed E-state index contributed by atoms with van der Waals surface area (Å²) < 4.78 is 1.10. The van der Waals surface area contributed by atoms with Crippen molar-refractivity contribution >= 4 is 29.1 Å². The molecule has 0 bridgehead atoms. The lowest BCUT2D eigenvalue weighted by atomic mass is 9.93. The Kier molecular flexibility index (Phi) is 6.98. The van der Waals surface area contributed by atoms with Crippen LogP contribution in [0.25, 0.3) is 0 Å². The first-order valence-electron chi connectivity index (χ1n) is 7.79. The summed E-state index contributed by atoms with van der Waals surface area (Å²) in [7, 11) is 4.07. The molecule has 1 aromatic rings. The van der Waals surface area contributed by atoms with E-state index in [4.69, 9.17) is 0 Å². The SMILES string of the molecule is CC1CN(C)CCC1N(C)C(=O)NCCCSc1nccs1. The van der Waals surface area contributed by atoms with Gasteiger partial charge in [-0.1, -0.05) is 18.7 Å². The number of piperidine rings is 1. The van der Waals surface area contributed by atoms with Crippen LogP contribution in [0.1, 0.15) is 19.8 Å². The van der Waals surface area contributed by atoms with Crippen LogP contribution in [0.15, 0.2) is 15.9 Å². The van der Waals surface area contributed by atoms with E-state index in [0.717, 1.165) is 42.6 Å². The van der Waals surface area contributed by atoms with Gasteiger partial charge in [-0.05, 0) is 32.4 Å². The fourth-order valence-electron chi connectivity index (χ4n) is 2.90. The summed E-state index contributed by atoms with van der Waals surface area (Å²) in [6.07, 6.45) is 3.85. The molecule has 0 radical (unpaired) electrons. The number of likely N-dealkylation sites (tertiary alicyclic amines) is 1. The van der Waals surface area contributed by atoms with Gasteiger partial charge in [0, 0.05) is 43.5 Å². The van der Waals surface area contributed by atoms with E-state index in [2.05, 4.69) is 29.2 Å². The van der Waals surface area contributed by atoms with Gasteiger partial charge in [0.05, 0.1) is 0 Å². The van der Waals surface area contributed by atoms with Crippen LogP contribution >= 0.6 is 23.1 Å². The van der Waals surface area contributed by atoms with E-state index in [1.54, 1.807) is 23.1 Å². The van der Waals surface area contributed by atoms with Gasteiger partial charge in [0.25, 0.3) is 0 Å². The number of thioether (sulfide) groups is 1. The van der Waals surface area contributed by atoms with Gasteiger partial charge in [-0.15, -0.1) is 11.3 Å². The van der Waals surface area contributed by atoms with Gasteiger partial charge >= 0.3 is 6.03 Å². The van der Waals surface area contributed by atoms with Crippen molar-refractivity contribution in [1.82, 2.24) is 20.1 Å². The molecule has 2 atom stereocenters. The third-order valence-electron chi connectivity index (χ3n) is 4.11. The molecule has 2 amide bonds. The second-order valence-corrected chi connectivity index (χ2v) is 8.18. The fraction of sp³-hybridized carbons (Fsp3) is 0.733. The summed E-state index contributed by atoms with van der Waals surface area (Å²) in [4.78, 5) is 20.7. The van der Waals surface area contributed by atoms with Gasteiger partial charge in [0.1, 0.15) is 4.34 Å². The average molecular weight is 343 g/mol. The minimum Gasteiger partial charge on any atom is -0.338 e. The number of hydrogen-bond donors (Lipinski definition) is 1. The molecule has 2 heterocycles. The number of hydrogen-bond acceptors (Lipinski definition) is 5. The minimum absolute atomic E-state index is 0.0562. The van der Waals surface area contributed by atoms with Gasteiger partial charge in [0.2, 0.25) is 0 Å². The van der Waals surface area contributed by atoms with Crippen LogP contribution in [0, 0.1) is 5.92 Å². The number of nitrogens with one attached hydrogen (secondary N) is 1. The molecule has 5 nitrogen and oxygen atoms in total. The molecule has 1 aliphatic heterocycles. The Morgan fingerprint density at radius 3 is 3.14 bits per heavy atom. The second-order valence-electron chi connectivity index (χ2n) is 5.94. The minimum atomic E-state index is 0.0562. The van der Waals surface area contributed by atoms with Crippen molar-refractivity contribution in [3.63, 3.8) is 0 Å². The molecule has 0 aliphatic carbocycles. The Labute approximate surface area is 141 Å². The lowest BCUT2D eigenvalue weighted by Crippen LogP contribution is -2.52. The van der Waals surface area contributed by atoms with Crippen LogP contribution in [0.5, 0.6) is 0 Å². The predicted molar refractivity (Wildman–Crippen MR) is 93.7 cm³/mol. The normalized spacial score (nSPS) is 22.5. The van der Waals surface area contributed by atoms with E-state index in [1.165, 1.54) is 0 Å². The molecule has 1 aliphatic rings. The molecule has 7 heteroatoms. The highest BCUT2D eigenvalue weighted by Gasteiger charge is 2.29. The standard InChI is InChI=1S/C15H26N4OS2/c1-12-11-18(2)8-5-13(12)19(3)14(20)16-6-4-9-21-15-17-7-10-22-15/h7,10,12-13H,4-6,8-9,11H2,1-3H3,(H,16,20). The highest BCUT2D eigenvalue weighted by atomic mass is 32.2. The smallest absolute Gasteiger partial charge is 0.317 e. The maximum Gasteiger partial charge on any atom is 0.317 e. The largest absolute Gasteiger partial charge is 0.338 e. The first-order chi connectivity index (χ1) is 10.6. The van der Waals surface area contributed by atoms with E-state index < -0.39 is 0 Å². The Hall–Kier alpha value is -0.790. The Morgan fingerprint density at radius 2 is 2.45 bits per heavy atom. The number of urea groups is 1. The maximum absolute atomic E-state index is 12.2. The van der Waals surface area contributed by atoms with Crippen molar-refractivity contribution in [2.45, 2.75) is 30.1 Å². The van der Waals surface area contributed by atoms with Crippen LogP contribution < -0.4 is 5.32 Å². The van der Waals surface area contributed by atoms with Crippen molar-refractivity contribution in [2.75, 3.05) is 39.5 Å². The number of nitrogens with zero attached hydrogens (tertiary/aromatic N) is 3. The first kappa shape index (κ1) is 17.6. The summed E-state index contributed by atoms with van der Waals surface area (Å²) in [5, 5.41) is 5.02. The zero-order valence-corrected chi connectivity index (χ0v) is 15.3. The lowest BCUT2D eigenvalue weighted by Gasteiger charge is -2.39. The highest BCUT2D eigenvalue weighted by molar-refractivity contribution is 8.00. The second kappa shape index (κ2) is 8.74. The average Bonchev–Trinajstić information content (AvgIpc) is 2.99. The van der Waals surface area contributed by atoms with E-state index in [9.17, 15) is 4.79 Å². The fourth-order valence-corrected chi connectivity index (χ4v) is 4.55. The summed E-state index contributed by atoms with van der Waals surface area (Å²) >= 11 is 3.42. The van der Waals surface area contributed by atoms with Crippen molar-refractivity contribution < 1.29 is 4.79 Å². The zero-order chi connectivity index (χ0) is 15.9. The third kappa shape index (κ3) is 5.14. The number of carbonyl (C=O) groups is 1. The maximum atomic E-state index is 12.2.